The Kier molecular flexibility index (Phi) is 2.53. The summed E-state index contributed by atoms with van der Waals surface area (Å²) in [7, 11) is 0. The van der Waals surface area contributed by atoms with Gasteiger partial charge in [-0.25, -0.2) is 0 Å². The van der Waals surface area contributed by atoms with Crippen LogP contribution in [0.25, 0.3) is 5.57 Å². The van der Waals surface area contributed by atoms with Crippen LogP contribution in [0.1, 0.15) is 29.7 Å². The topological polar surface area (TPSA) is 3.24 Å². The number of hydrogen-bond donors (Lipinski definition) is 0. The lowest BCUT2D eigenvalue weighted by molar-refractivity contribution is 0.350. The smallest absolute Gasteiger partial charge is 0.0734 e. The Morgan fingerprint density at radius 2 is 1.70 bits per heavy atom. The molecule has 2 aliphatic rings. The van der Waals surface area contributed by atoms with Gasteiger partial charge in [-0.15, -0.1) is 0 Å². The van der Waals surface area contributed by atoms with Crippen LogP contribution >= 0.6 is 0 Å². The van der Waals surface area contributed by atoms with Crippen molar-refractivity contribution in [1.29, 1.82) is 0 Å². The molecule has 0 saturated heterocycles. The third-order valence-corrected chi connectivity index (χ3v) is 4.30. The summed E-state index contributed by atoms with van der Waals surface area (Å²) in [5.41, 5.74) is 6.92. The lowest BCUT2D eigenvalue weighted by Crippen LogP contribution is -2.18. The summed E-state index contributed by atoms with van der Waals surface area (Å²) < 4.78 is 0. The summed E-state index contributed by atoms with van der Waals surface area (Å²) in [5, 5.41) is 0. The Labute approximate surface area is 119 Å². The lowest BCUT2D eigenvalue weighted by Gasteiger charge is -2.28. The predicted octanol–water partition coefficient (Wildman–Crippen LogP) is 4.54. The maximum atomic E-state index is 2.44. The Balaban J connectivity index is 1.77. The molecule has 2 aromatic carbocycles. The fraction of sp³-hybridized carbons (Fsp3) is 0.158. The zero-order valence-electron chi connectivity index (χ0n) is 11.6. The molecule has 0 amide bonds. The van der Waals surface area contributed by atoms with Gasteiger partial charge in [0.25, 0.3) is 0 Å². The molecule has 0 fully saturated rings. The normalized spacial score (nSPS) is 20.1. The first kappa shape index (κ1) is 11.5. The minimum Gasteiger partial charge on any atom is -0.362 e. The van der Waals surface area contributed by atoms with Gasteiger partial charge in [0, 0.05) is 18.3 Å². The average Bonchev–Trinajstić information content (AvgIpc) is 2.85. The second-order valence-electron chi connectivity index (χ2n) is 5.57. The number of hydrogen-bond acceptors (Lipinski definition) is 1. The van der Waals surface area contributed by atoms with E-state index in [1.54, 1.807) is 0 Å². The molecule has 0 N–H and O–H groups in total. The van der Waals surface area contributed by atoms with Crippen molar-refractivity contribution in [2.45, 2.75) is 19.5 Å². The van der Waals surface area contributed by atoms with E-state index in [2.05, 4.69) is 78.7 Å². The van der Waals surface area contributed by atoms with E-state index in [-0.39, 0.29) is 0 Å². The van der Waals surface area contributed by atoms with Gasteiger partial charge >= 0.3 is 0 Å². The lowest BCUT2D eigenvalue weighted by atomic mass is 9.93. The molecule has 20 heavy (non-hydrogen) atoms. The van der Waals surface area contributed by atoms with Crippen LogP contribution in [0, 0.1) is 0 Å². The molecule has 1 heteroatoms. The molecule has 0 bridgehead atoms. The fourth-order valence-electron chi connectivity index (χ4n) is 3.27. The van der Waals surface area contributed by atoms with E-state index in [0.717, 1.165) is 6.54 Å². The van der Waals surface area contributed by atoms with Gasteiger partial charge in [-0.3, -0.25) is 0 Å². The summed E-state index contributed by atoms with van der Waals surface area (Å²) in [5.74, 6) is 0. The van der Waals surface area contributed by atoms with E-state index in [0.29, 0.717) is 6.04 Å². The first-order valence-electron chi connectivity index (χ1n) is 7.12. The van der Waals surface area contributed by atoms with Crippen molar-refractivity contribution in [3.8, 4) is 0 Å². The van der Waals surface area contributed by atoms with Crippen molar-refractivity contribution in [3.05, 3.63) is 89.1 Å². The van der Waals surface area contributed by atoms with Gasteiger partial charge in [-0.05, 0) is 29.2 Å². The van der Waals surface area contributed by atoms with Gasteiger partial charge in [0.15, 0.2) is 0 Å². The molecule has 1 nitrogen and oxygen atoms in total. The molecule has 0 aromatic heterocycles. The highest BCUT2D eigenvalue weighted by atomic mass is 15.2. The Hall–Kier alpha value is -2.28. The van der Waals surface area contributed by atoms with Crippen LogP contribution in [-0.2, 0) is 6.54 Å². The van der Waals surface area contributed by atoms with Crippen molar-refractivity contribution in [1.82, 2.24) is 4.90 Å². The van der Waals surface area contributed by atoms with Gasteiger partial charge < -0.3 is 4.90 Å². The van der Waals surface area contributed by atoms with E-state index in [1.807, 2.05) is 0 Å². The highest BCUT2D eigenvalue weighted by Crippen LogP contribution is 2.41. The van der Waals surface area contributed by atoms with Crippen LogP contribution in [-0.4, -0.2) is 4.90 Å². The average molecular weight is 259 g/mol. The van der Waals surface area contributed by atoms with Crippen LogP contribution in [0.5, 0.6) is 0 Å². The third kappa shape index (κ3) is 1.70. The van der Waals surface area contributed by atoms with Crippen molar-refractivity contribution in [3.63, 3.8) is 0 Å². The van der Waals surface area contributed by atoms with Crippen molar-refractivity contribution in [2.24, 2.45) is 0 Å². The minimum atomic E-state index is 0.415. The number of allylic oxidation sites excluding steroid dienone is 2. The van der Waals surface area contributed by atoms with Gasteiger partial charge in [0.05, 0.1) is 6.04 Å². The zero-order valence-corrected chi connectivity index (χ0v) is 11.6. The molecule has 98 valence electrons. The number of rotatable bonds is 1. The SMILES string of the molecule is CC1=CC2c3ccccc3CN2C=C1c1ccccc1. The predicted molar refractivity (Wildman–Crippen MR) is 82.9 cm³/mol. The minimum absolute atomic E-state index is 0.415. The number of benzene rings is 2. The van der Waals surface area contributed by atoms with E-state index in [9.17, 15) is 0 Å². The Morgan fingerprint density at radius 1 is 0.950 bits per heavy atom. The van der Waals surface area contributed by atoms with E-state index in [1.165, 1.54) is 27.8 Å². The first-order valence-corrected chi connectivity index (χ1v) is 7.12. The van der Waals surface area contributed by atoms with Crippen LogP contribution in [0.3, 0.4) is 0 Å². The van der Waals surface area contributed by atoms with Crippen LogP contribution in [0.2, 0.25) is 0 Å². The van der Waals surface area contributed by atoms with Crippen molar-refractivity contribution < 1.29 is 0 Å². The van der Waals surface area contributed by atoms with Crippen LogP contribution < -0.4 is 0 Å². The quantitative estimate of drug-likeness (QED) is 0.726. The molecule has 1 atom stereocenters. The molecule has 4 rings (SSSR count). The van der Waals surface area contributed by atoms with Crippen LogP contribution in [0.15, 0.2) is 72.4 Å². The summed E-state index contributed by atoms with van der Waals surface area (Å²) in [6, 6.07) is 19.8. The highest BCUT2D eigenvalue weighted by molar-refractivity contribution is 5.79. The van der Waals surface area contributed by atoms with Gasteiger partial charge in [-0.1, -0.05) is 60.7 Å². The molecule has 0 spiro atoms. The first-order chi connectivity index (χ1) is 9.83. The fourth-order valence-corrected chi connectivity index (χ4v) is 3.27. The monoisotopic (exact) mass is 259 g/mol. The maximum absolute atomic E-state index is 2.44. The Bertz CT molecular complexity index is 710. The van der Waals surface area contributed by atoms with Crippen LogP contribution in [0.4, 0.5) is 0 Å². The molecular formula is C19H17N. The third-order valence-electron chi connectivity index (χ3n) is 4.30. The largest absolute Gasteiger partial charge is 0.362 e. The molecule has 0 radical (unpaired) electrons. The second-order valence-corrected chi connectivity index (χ2v) is 5.57. The molecule has 0 aliphatic carbocycles. The summed E-state index contributed by atoms with van der Waals surface area (Å²) >= 11 is 0. The van der Waals surface area contributed by atoms with Gasteiger partial charge in [-0.2, -0.15) is 0 Å². The molecule has 0 saturated carbocycles. The summed E-state index contributed by atoms with van der Waals surface area (Å²) in [4.78, 5) is 2.44. The molecular weight excluding hydrogens is 242 g/mol. The maximum Gasteiger partial charge on any atom is 0.0734 e. The molecule has 2 aliphatic heterocycles. The van der Waals surface area contributed by atoms with Crippen molar-refractivity contribution in [2.75, 3.05) is 0 Å². The molecule has 2 heterocycles. The van der Waals surface area contributed by atoms with E-state index >= 15 is 0 Å². The Morgan fingerprint density at radius 3 is 2.55 bits per heavy atom. The highest BCUT2D eigenvalue weighted by Gasteiger charge is 2.29. The summed E-state index contributed by atoms with van der Waals surface area (Å²) in [6.07, 6.45) is 4.73. The van der Waals surface area contributed by atoms with E-state index < -0.39 is 0 Å². The zero-order chi connectivity index (χ0) is 13.5. The standard InChI is InChI=1S/C19H17N/c1-14-11-19-17-10-6-5-9-16(17)12-20(19)13-18(14)15-7-3-2-4-8-15/h2-11,13,19H,12H2,1H3. The number of nitrogens with zero attached hydrogens (tertiary/aromatic N) is 1. The summed E-state index contributed by atoms with van der Waals surface area (Å²) in [6.45, 7) is 3.23. The molecule has 2 aromatic rings. The number of fused-ring (bicyclic) bond motifs is 3. The second kappa shape index (κ2) is 4.38. The van der Waals surface area contributed by atoms with Gasteiger partial charge in [0.1, 0.15) is 0 Å². The van der Waals surface area contributed by atoms with Gasteiger partial charge in [0.2, 0.25) is 0 Å². The van der Waals surface area contributed by atoms with Crippen molar-refractivity contribution >= 4 is 5.57 Å². The van der Waals surface area contributed by atoms with E-state index in [4.69, 9.17) is 0 Å². The molecule has 1 unspecified atom stereocenters.